The molecule has 31 heavy (non-hydrogen) atoms. The Hall–Kier alpha value is -3.15. The molecule has 2 aromatic carbocycles. The number of nitrogens with zero attached hydrogens (tertiary/aromatic N) is 1. The molecule has 6 nitrogen and oxygen atoms in total. The molecule has 2 unspecified atom stereocenters. The Morgan fingerprint density at radius 3 is 2.39 bits per heavy atom. The van der Waals surface area contributed by atoms with Crippen LogP contribution >= 0.6 is 0 Å². The standard InChI is InChI=1S/C25H29N3O3/c1-16-9-17(2)15-28(14-16)21-5-3-20(4-6-21)26-13-19-10-18-11-23-24(31-8-7-30-23)12-22(18)27-25(19)29/h3-6,10-12,16-17,26H,7-9,13-15H2,1-2H3,(H,27,29). The smallest absolute Gasteiger partial charge is 0.253 e. The molecule has 2 N–H and O–H groups in total. The molecule has 0 bridgehead atoms. The van der Waals surface area contributed by atoms with Crippen molar-refractivity contribution in [2.75, 3.05) is 36.5 Å². The van der Waals surface area contributed by atoms with Gasteiger partial charge in [-0.3, -0.25) is 4.79 Å². The predicted octanol–water partition coefficient (Wildman–Crippen LogP) is 4.39. The van der Waals surface area contributed by atoms with Crippen molar-refractivity contribution < 1.29 is 9.47 Å². The largest absolute Gasteiger partial charge is 0.486 e. The van der Waals surface area contributed by atoms with Crippen molar-refractivity contribution in [1.82, 2.24) is 4.98 Å². The summed E-state index contributed by atoms with van der Waals surface area (Å²) in [6.07, 6.45) is 1.30. The summed E-state index contributed by atoms with van der Waals surface area (Å²) in [6.45, 7) is 8.41. The van der Waals surface area contributed by atoms with Crippen LogP contribution in [0.25, 0.3) is 10.9 Å². The third kappa shape index (κ3) is 4.20. The number of hydrogen-bond donors (Lipinski definition) is 2. The number of ether oxygens (including phenoxy) is 2. The fourth-order valence-corrected chi connectivity index (χ4v) is 4.78. The third-order valence-electron chi connectivity index (χ3n) is 6.17. The monoisotopic (exact) mass is 419 g/mol. The summed E-state index contributed by atoms with van der Waals surface area (Å²) in [5.74, 6) is 2.85. The number of piperidine rings is 1. The van der Waals surface area contributed by atoms with Gasteiger partial charge in [-0.2, -0.15) is 0 Å². The number of rotatable bonds is 4. The van der Waals surface area contributed by atoms with E-state index in [1.54, 1.807) is 0 Å². The maximum Gasteiger partial charge on any atom is 0.253 e. The molecule has 2 aliphatic rings. The van der Waals surface area contributed by atoms with Crippen molar-refractivity contribution >= 4 is 22.3 Å². The average Bonchev–Trinajstić information content (AvgIpc) is 2.76. The Kier molecular flexibility index (Phi) is 5.22. The van der Waals surface area contributed by atoms with Crippen molar-refractivity contribution in [3.63, 3.8) is 0 Å². The molecule has 0 amide bonds. The molecule has 3 heterocycles. The molecule has 0 aliphatic carbocycles. The first-order valence-corrected chi connectivity index (χ1v) is 11.1. The minimum atomic E-state index is -0.0930. The van der Waals surface area contributed by atoms with Gasteiger partial charge in [-0.05, 0) is 54.7 Å². The number of aromatic amines is 1. The van der Waals surface area contributed by atoms with Gasteiger partial charge in [0, 0.05) is 48.0 Å². The third-order valence-corrected chi connectivity index (χ3v) is 6.17. The van der Waals surface area contributed by atoms with Crippen LogP contribution in [0, 0.1) is 11.8 Å². The minimum absolute atomic E-state index is 0.0930. The quantitative estimate of drug-likeness (QED) is 0.656. The second kappa shape index (κ2) is 8.17. The molecular weight excluding hydrogens is 390 g/mol. The highest BCUT2D eigenvalue weighted by atomic mass is 16.6. The molecule has 2 aliphatic heterocycles. The van der Waals surface area contributed by atoms with E-state index in [1.165, 1.54) is 12.1 Å². The van der Waals surface area contributed by atoms with E-state index in [9.17, 15) is 4.79 Å². The zero-order valence-electron chi connectivity index (χ0n) is 18.1. The van der Waals surface area contributed by atoms with Gasteiger partial charge in [0.15, 0.2) is 11.5 Å². The van der Waals surface area contributed by atoms with Crippen molar-refractivity contribution in [3.05, 3.63) is 58.4 Å². The van der Waals surface area contributed by atoms with Gasteiger partial charge in [0.25, 0.3) is 5.56 Å². The normalized spacial score (nSPS) is 20.6. The predicted molar refractivity (Wildman–Crippen MR) is 124 cm³/mol. The van der Waals surface area contributed by atoms with Crippen LogP contribution in [-0.2, 0) is 6.54 Å². The molecular formula is C25H29N3O3. The molecule has 0 spiro atoms. The van der Waals surface area contributed by atoms with Crippen LogP contribution < -0.4 is 25.2 Å². The molecule has 0 saturated carbocycles. The lowest BCUT2D eigenvalue weighted by atomic mass is 9.91. The van der Waals surface area contributed by atoms with E-state index >= 15 is 0 Å². The Labute approximate surface area is 182 Å². The van der Waals surface area contributed by atoms with Crippen LogP contribution in [0.1, 0.15) is 25.8 Å². The van der Waals surface area contributed by atoms with Crippen molar-refractivity contribution in [2.45, 2.75) is 26.8 Å². The number of benzene rings is 2. The number of nitrogens with one attached hydrogen (secondary N) is 2. The summed E-state index contributed by atoms with van der Waals surface area (Å²) in [4.78, 5) is 18.0. The van der Waals surface area contributed by atoms with Crippen LogP contribution in [-0.4, -0.2) is 31.3 Å². The zero-order chi connectivity index (χ0) is 21.4. The lowest BCUT2D eigenvalue weighted by molar-refractivity contribution is 0.172. The molecule has 6 heteroatoms. The summed E-state index contributed by atoms with van der Waals surface area (Å²) in [5, 5.41) is 4.32. The van der Waals surface area contributed by atoms with Crippen LogP contribution in [0.5, 0.6) is 11.5 Å². The SMILES string of the molecule is CC1CC(C)CN(c2ccc(NCc3cc4cc5c(cc4[nH]c3=O)OCCO5)cc2)C1. The van der Waals surface area contributed by atoms with Crippen LogP contribution in [0.15, 0.2) is 47.3 Å². The molecule has 2 atom stereocenters. The van der Waals surface area contributed by atoms with Gasteiger partial charge in [-0.25, -0.2) is 0 Å². The molecule has 1 fully saturated rings. The van der Waals surface area contributed by atoms with Gasteiger partial charge in [0.2, 0.25) is 0 Å². The van der Waals surface area contributed by atoms with E-state index in [-0.39, 0.29) is 5.56 Å². The van der Waals surface area contributed by atoms with E-state index in [2.05, 4.69) is 53.3 Å². The van der Waals surface area contributed by atoms with Crippen molar-refractivity contribution in [1.29, 1.82) is 0 Å². The Morgan fingerprint density at radius 2 is 1.68 bits per heavy atom. The number of aromatic nitrogens is 1. The molecule has 162 valence electrons. The van der Waals surface area contributed by atoms with Crippen LogP contribution in [0.2, 0.25) is 0 Å². The molecule has 3 aromatic rings. The Bertz CT molecular complexity index is 1130. The van der Waals surface area contributed by atoms with Gasteiger partial charge in [0.1, 0.15) is 13.2 Å². The maximum atomic E-state index is 12.6. The van der Waals surface area contributed by atoms with E-state index in [0.717, 1.165) is 47.3 Å². The first-order chi connectivity index (χ1) is 15.0. The number of fused-ring (bicyclic) bond motifs is 2. The first kappa shape index (κ1) is 19.8. The summed E-state index contributed by atoms with van der Waals surface area (Å²) in [5.41, 5.74) is 3.62. The minimum Gasteiger partial charge on any atom is -0.486 e. The van der Waals surface area contributed by atoms with Crippen LogP contribution in [0.4, 0.5) is 11.4 Å². The lowest BCUT2D eigenvalue weighted by Crippen LogP contribution is -2.38. The number of pyridine rings is 1. The second-order valence-corrected chi connectivity index (χ2v) is 8.96. The fourth-order valence-electron chi connectivity index (χ4n) is 4.78. The van der Waals surface area contributed by atoms with Crippen LogP contribution in [0.3, 0.4) is 0 Å². The van der Waals surface area contributed by atoms with Crippen molar-refractivity contribution in [2.24, 2.45) is 11.8 Å². The van der Waals surface area contributed by atoms with Gasteiger partial charge >= 0.3 is 0 Å². The molecule has 5 rings (SSSR count). The Morgan fingerprint density at radius 1 is 1.00 bits per heavy atom. The summed E-state index contributed by atoms with van der Waals surface area (Å²) in [6, 6.07) is 14.2. The highest BCUT2D eigenvalue weighted by Gasteiger charge is 2.21. The second-order valence-electron chi connectivity index (χ2n) is 8.96. The number of anilines is 2. The highest BCUT2D eigenvalue weighted by Crippen LogP contribution is 2.33. The Balaban J connectivity index is 1.30. The van der Waals surface area contributed by atoms with E-state index < -0.39 is 0 Å². The highest BCUT2D eigenvalue weighted by molar-refractivity contribution is 5.83. The summed E-state index contributed by atoms with van der Waals surface area (Å²) in [7, 11) is 0. The summed E-state index contributed by atoms with van der Waals surface area (Å²) < 4.78 is 11.3. The average molecular weight is 420 g/mol. The topological polar surface area (TPSA) is 66.6 Å². The lowest BCUT2D eigenvalue weighted by Gasteiger charge is -2.36. The van der Waals surface area contributed by atoms with E-state index in [1.807, 2.05) is 18.2 Å². The van der Waals surface area contributed by atoms with Gasteiger partial charge in [-0.15, -0.1) is 0 Å². The number of H-pyrrole nitrogens is 1. The van der Waals surface area contributed by atoms with E-state index in [0.29, 0.717) is 31.1 Å². The fraction of sp³-hybridized carbons (Fsp3) is 0.400. The zero-order valence-corrected chi connectivity index (χ0v) is 18.1. The maximum absolute atomic E-state index is 12.6. The molecule has 1 aromatic heterocycles. The number of hydrogen-bond acceptors (Lipinski definition) is 5. The first-order valence-electron chi connectivity index (χ1n) is 11.1. The van der Waals surface area contributed by atoms with Gasteiger partial charge in [-0.1, -0.05) is 13.8 Å². The molecule has 0 radical (unpaired) electrons. The summed E-state index contributed by atoms with van der Waals surface area (Å²) >= 11 is 0. The van der Waals surface area contributed by atoms with E-state index in [4.69, 9.17) is 9.47 Å². The van der Waals surface area contributed by atoms with Crippen molar-refractivity contribution in [3.8, 4) is 11.5 Å². The molecule has 1 saturated heterocycles. The van der Waals surface area contributed by atoms with Gasteiger partial charge < -0.3 is 24.7 Å². The van der Waals surface area contributed by atoms with Gasteiger partial charge in [0.05, 0.1) is 5.52 Å².